The molecule has 1 atom stereocenters. The van der Waals surface area contributed by atoms with Crippen LogP contribution in [0.5, 0.6) is 0 Å². The van der Waals surface area contributed by atoms with Crippen molar-refractivity contribution < 1.29 is 23.2 Å². The van der Waals surface area contributed by atoms with Gasteiger partial charge in [0.15, 0.2) is 0 Å². The summed E-state index contributed by atoms with van der Waals surface area (Å²) in [5.41, 5.74) is 0.306. The minimum absolute atomic E-state index is 0.166. The Morgan fingerprint density at radius 1 is 1.26 bits per heavy atom. The van der Waals surface area contributed by atoms with Gasteiger partial charge in [0.25, 0.3) is 0 Å². The summed E-state index contributed by atoms with van der Waals surface area (Å²) in [4.78, 5) is 28.1. The molecule has 1 fully saturated rings. The Hall–Kier alpha value is -1.87. The summed E-state index contributed by atoms with van der Waals surface area (Å²) in [6, 6.07) is 9.04. The normalized spacial score (nSPS) is 17.9. The summed E-state index contributed by atoms with van der Waals surface area (Å²) in [7, 11) is 1.06. The van der Waals surface area contributed by atoms with Crippen molar-refractivity contribution >= 4 is 31.2 Å². The van der Waals surface area contributed by atoms with Crippen LogP contribution >= 0.6 is 11.9 Å². The van der Waals surface area contributed by atoms with Crippen LogP contribution in [-0.2, 0) is 20.3 Å². The Bertz CT molecular complexity index is 647. The molecular formula is C18H26BN2O5S. The van der Waals surface area contributed by atoms with Crippen molar-refractivity contribution in [1.29, 1.82) is 1.34 Å². The maximum Gasteiger partial charge on any atom is 0.410 e. The molecule has 0 spiro atoms. The average Bonchev–Trinajstić information content (AvgIpc) is 2.65. The highest BCUT2D eigenvalue weighted by Crippen LogP contribution is 2.17. The largest absolute Gasteiger partial charge is 0.445 e. The van der Waals surface area contributed by atoms with Crippen LogP contribution in [0, 0.1) is 0 Å². The molecule has 27 heavy (non-hydrogen) atoms. The highest BCUT2D eigenvalue weighted by Gasteiger charge is 2.35. The van der Waals surface area contributed by atoms with Gasteiger partial charge in [0, 0.05) is 19.6 Å². The Morgan fingerprint density at radius 2 is 2.00 bits per heavy atom. The smallest absolute Gasteiger partial charge is 0.410 e. The maximum absolute atomic E-state index is 12.6. The summed E-state index contributed by atoms with van der Waals surface area (Å²) in [5.74, 6) is 0. The van der Waals surface area contributed by atoms with Crippen LogP contribution < -0.4 is 0 Å². The number of benzene rings is 1. The first-order valence-corrected chi connectivity index (χ1v) is 9.54. The first-order valence-electron chi connectivity index (χ1n) is 9.31. The van der Waals surface area contributed by atoms with Crippen molar-refractivity contribution in [2.24, 2.45) is 0 Å². The highest BCUT2D eigenvalue weighted by atomic mass is 32.2. The van der Waals surface area contributed by atoms with Gasteiger partial charge in [-0.05, 0) is 27.7 Å². The molecule has 2 rings (SSSR count). The van der Waals surface area contributed by atoms with E-state index in [-0.39, 0.29) is 19.8 Å². The molecule has 2 amide bonds. The van der Waals surface area contributed by atoms with Crippen LogP contribution in [-0.4, -0.2) is 68.3 Å². The van der Waals surface area contributed by atoms with E-state index in [0.29, 0.717) is 13.1 Å². The number of carbonyl (C=O) groups excluding carboxylic acids is 2. The van der Waals surface area contributed by atoms with Gasteiger partial charge in [0.1, 0.15) is 12.2 Å². The molecule has 1 aliphatic rings. The maximum atomic E-state index is 12.6. The molecule has 0 N–H and O–H groups in total. The molecule has 1 aliphatic heterocycles. The van der Waals surface area contributed by atoms with Crippen LogP contribution in [0.3, 0.4) is 0 Å². The van der Waals surface area contributed by atoms with Gasteiger partial charge < -0.3 is 18.6 Å². The molecule has 7 nitrogen and oxygen atoms in total. The fourth-order valence-corrected chi connectivity index (χ4v) is 2.89. The molecule has 1 unspecified atom stereocenters. The molecule has 147 valence electrons. The number of rotatable bonds is 6. The number of carbonyl (C=O) groups is 2. The summed E-state index contributed by atoms with van der Waals surface area (Å²) in [6.07, 6.45) is -0.879. The zero-order chi connectivity index (χ0) is 20.6. The fraction of sp³-hybridized carbons (Fsp3) is 0.556. The highest BCUT2D eigenvalue weighted by molar-refractivity contribution is 8.15. The quantitative estimate of drug-likeness (QED) is 0.419. The van der Waals surface area contributed by atoms with Crippen LogP contribution in [0.1, 0.15) is 26.3 Å². The van der Waals surface area contributed by atoms with E-state index < -0.39 is 23.8 Å². The minimum Gasteiger partial charge on any atom is -0.445 e. The van der Waals surface area contributed by atoms with Crippen molar-refractivity contribution in [3.05, 3.63) is 35.9 Å². The summed E-state index contributed by atoms with van der Waals surface area (Å²) in [6.45, 7) is 6.71. The number of amides is 2. The second kappa shape index (κ2) is 9.89. The Kier molecular flexibility index (Phi) is 7.29. The Morgan fingerprint density at radius 3 is 2.67 bits per heavy atom. The SMILES string of the molecule is [3H][B]SOCC1CN(C(=O)OC(C)(C)C)CCN1C(=O)OCc1ccccc1. The predicted molar refractivity (Wildman–Crippen MR) is 106 cm³/mol. The third-order valence-electron chi connectivity index (χ3n) is 3.90. The average molecular weight is 395 g/mol. The molecule has 1 aromatic rings. The molecular weight excluding hydrogens is 367 g/mol. The van der Waals surface area contributed by atoms with Gasteiger partial charge in [0.2, 0.25) is 7.09 Å². The fourth-order valence-electron chi connectivity index (χ4n) is 2.65. The number of hydrogen-bond acceptors (Lipinski definition) is 6. The molecule has 1 aromatic carbocycles. The molecule has 0 bridgehead atoms. The second-order valence-electron chi connectivity index (χ2n) is 7.19. The van der Waals surface area contributed by atoms with Crippen LogP contribution in [0.2, 0.25) is 0 Å². The van der Waals surface area contributed by atoms with E-state index in [1.54, 1.807) is 9.80 Å². The van der Waals surface area contributed by atoms with E-state index in [0.717, 1.165) is 24.5 Å². The van der Waals surface area contributed by atoms with E-state index in [9.17, 15) is 9.59 Å². The van der Waals surface area contributed by atoms with Gasteiger partial charge >= 0.3 is 12.2 Å². The van der Waals surface area contributed by atoms with E-state index in [2.05, 4.69) is 0 Å². The van der Waals surface area contributed by atoms with Crippen molar-refractivity contribution in [2.45, 2.75) is 39.0 Å². The van der Waals surface area contributed by atoms with E-state index in [1.807, 2.05) is 51.1 Å². The standard InChI is InChI=1S/C18H26BN2O5S/c1-18(2,3)26-16(22)20-9-10-21(15(11-20)13-25-27-19)17(23)24-12-14-7-5-4-6-8-14/h4-8,15,19H,9-13H2,1-3H3/i19T. The monoisotopic (exact) mass is 395 g/mol. The lowest BCUT2D eigenvalue weighted by Gasteiger charge is -2.40. The topological polar surface area (TPSA) is 68.3 Å². The Balaban J connectivity index is 1.97. The molecule has 0 aromatic heterocycles. The summed E-state index contributed by atoms with van der Waals surface area (Å²) < 4.78 is 23.2. The lowest BCUT2D eigenvalue weighted by molar-refractivity contribution is -0.00380. The van der Waals surface area contributed by atoms with Crippen molar-refractivity contribution in [2.75, 3.05) is 26.2 Å². The van der Waals surface area contributed by atoms with Gasteiger partial charge in [-0.2, -0.15) is 0 Å². The third kappa shape index (κ3) is 6.99. The molecule has 0 saturated carbocycles. The minimum atomic E-state index is -0.592. The van der Waals surface area contributed by atoms with Gasteiger partial charge in [-0.1, -0.05) is 42.2 Å². The van der Waals surface area contributed by atoms with Gasteiger partial charge in [0.05, 0.1) is 12.6 Å². The number of hydrogen-bond donors (Lipinski definition) is 0. The third-order valence-corrected chi connectivity index (χ3v) is 4.17. The van der Waals surface area contributed by atoms with E-state index >= 15 is 0 Å². The number of piperazine rings is 1. The summed E-state index contributed by atoms with van der Waals surface area (Å²) in [5, 5.41) is 0. The molecule has 0 aliphatic carbocycles. The lowest BCUT2D eigenvalue weighted by atomic mass is 10.2. The van der Waals surface area contributed by atoms with Crippen LogP contribution in [0.4, 0.5) is 9.59 Å². The lowest BCUT2D eigenvalue weighted by Crippen LogP contribution is -2.58. The zero-order valence-corrected chi connectivity index (χ0v) is 16.7. The van der Waals surface area contributed by atoms with Gasteiger partial charge in [-0.3, -0.25) is 4.90 Å². The van der Waals surface area contributed by atoms with Crippen molar-refractivity contribution in [3.8, 4) is 0 Å². The van der Waals surface area contributed by atoms with Crippen molar-refractivity contribution in [3.63, 3.8) is 0 Å². The van der Waals surface area contributed by atoms with Crippen LogP contribution in [0.25, 0.3) is 0 Å². The first-order chi connectivity index (χ1) is 13.3. The number of nitrogens with zero attached hydrogens (tertiary/aromatic N) is 2. The number of ether oxygens (including phenoxy) is 2. The molecule has 1 saturated heterocycles. The first kappa shape index (κ1) is 19.9. The Labute approximate surface area is 167 Å². The van der Waals surface area contributed by atoms with Gasteiger partial charge in [-0.25, -0.2) is 9.59 Å². The molecule has 9 heteroatoms. The molecule has 1 heterocycles. The molecule has 1 radical (unpaired) electrons. The zero-order valence-electron chi connectivity index (χ0n) is 16.9. The predicted octanol–water partition coefficient (Wildman–Crippen LogP) is 2.73. The van der Waals surface area contributed by atoms with Crippen molar-refractivity contribution in [1.82, 2.24) is 9.80 Å². The van der Waals surface area contributed by atoms with Gasteiger partial charge in [-0.15, -0.1) is 0 Å². The summed E-state index contributed by atoms with van der Waals surface area (Å²) >= 11 is 0.874. The van der Waals surface area contributed by atoms with Crippen LogP contribution in [0.15, 0.2) is 30.3 Å². The second-order valence-corrected chi connectivity index (χ2v) is 7.62. The van der Waals surface area contributed by atoms with E-state index in [1.165, 1.54) is 0 Å². The van der Waals surface area contributed by atoms with E-state index in [4.69, 9.17) is 15.0 Å².